The van der Waals surface area contributed by atoms with E-state index in [0.29, 0.717) is 0 Å². The van der Waals surface area contributed by atoms with Crippen LogP contribution < -0.4 is 0 Å². The van der Waals surface area contributed by atoms with Crippen molar-refractivity contribution in [3.05, 3.63) is 257 Å². The summed E-state index contributed by atoms with van der Waals surface area (Å²) in [6.45, 7) is 0. The van der Waals surface area contributed by atoms with Crippen LogP contribution in [-0.4, -0.2) is 14.5 Å². The molecule has 3 nitrogen and oxygen atoms in total. The van der Waals surface area contributed by atoms with E-state index in [9.17, 15) is 0 Å². The van der Waals surface area contributed by atoms with Crippen LogP contribution in [0.4, 0.5) is 0 Å². The quantitative estimate of drug-likeness (QED) is 0.174. The number of hydrogen-bond acceptors (Lipinski definition) is 3. The summed E-state index contributed by atoms with van der Waals surface area (Å²) in [5.41, 5.74) is 22.0. The standard InChI is InChI=1S/C60H35N3S/c1-2-15-36(16-3-1)37-28-29-41-39-17-4-8-21-45(39)59(49(41)31-37)46-22-9-5-18-40(46)44-33-51-56(34-50(44)59)64-55-27-13-10-23-47(55)60(51)48-24-14-30-61-57(48)58-52(60)32-38(35-62-58)63-53-25-11-6-19-42(53)43-20-7-12-26-54(43)63/h1-35H. The second-order valence-corrected chi connectivity index (χ2v) is 18.7. The van der Waals surface area contributed by atoms with Gasteiger partial charge in [-0.1, -0.05) is 163 Å². The Hall–Kier alpha value is -7.79. The minimum atomic E-state index is -0.677. The number of nitrogens with zero attached hydrogens (tertiary/aromatic N) is 3. The van der Waals surface area contributed by atoms with Crippen LogP contribution in [-0.2, 0) is 10.8 Å². The minimum Gasteiger partial charge on any atom is -0.308 e. The Kier molecular flexibility index (Phi) is 6.76. The van der Waals surface area contributed by atoms with Gasteiger partial charge in [0.1, 0.15) is 0 Å². The molecule has 11 aromatic rings. The number of para-hydroxylation sites is 2. The average Bonchev–Trinajstić information content (AvgIpc) is 4.04. The molecule has 2 atom stereocenters. The van der Waals surface area contributed by atoms with E-state index in [1.165, 1.54) is 109 Å². The number of aromatic nitrogens is 3. The molecule has 0 saturated carbocycles. The molecule has 3 aliphatic carbocycles. The highest BCUT2D eigenvalue weighted by molar-refractivity contribution is 7.99. The fourth-order valence-corrected chi connectivity index (χ4v) is 13.6. The van der Waals surface area contributed by atoms with Gasteiger partial charge in [-0.25, -0.2) is 0 Å². The van der Waals surface area contributed by atoms with Crippen molar-refractivity contribution >= 4 is 33.6 Å². The van der Waals surface area contributed by atoms with Gasteiger partial charge in [0.2, 0.25) is 0 Å². The number of hydrogen-bond donors (Lipinski definition) is 0. The molecular formula is C60H35N3S. The van der Waals surface area contributed by atoms with E-state index in [1.54, 1.807) is 0 Å². The van der Waals surface area contributed by atoms with Crippen molar-refractivity contribution in [2.45, 2.75) is 20.6 Å². The zero-order valence-electron chi connectivity index (χ0n) is 34.5. The summed E-state index contributed by atoms with van der Waals surface area (Å²) in [7, 11) is 0. The van der Waals surface area contributed by atoms with Crippen molar-refractivity contribution in [3.63, 3.8) is 0 Å². The van der Waals surface area contributed by atoms with Gasteiger partial charge in [-0.05, 0) is 121 Å². The summed E-state index contributed by atoms with van der Waals surface area (Å²) >= 11 is 1.90. The molecule has 0 fully saturated rings. The van der Waals surface area contributed by atoms with Crippen molar-refractivity contribution in [3.8, 4) is 50.5 Å². The van der Waals surface area contributed by atoms with Crippen LogP contribution in [0.25, 0.3) is 72.3 Å². The number of fused-ring (bicyclic) bond motifs is 22. The first kappa shape index (κ1) is 34.8. The lowest BCUT2D eigenvalue weighted by Gasteiger charge is -2.40. The molecule has 4 aliphatic rings. The summed E-state index contributed by atoms with van der Waals surface area (Å²) in [6, 6.07) is 74.8. The summed E-state index contributed by atoms with van der Waals surface area (Å²) < 4.78 is 2.40. The second kappa shape index (κ2) is 12.4. The van der Waals surface area contributed by atoms with Gasteiger partial charge >= 0.3 is 0 Å². The zero-order valence-corrected chi connectivity index (χ0v) is 35.3. The summed E-state index contributed by atoms with van der Waals surface area (Å²) in [6.07, 6.45) is 3.98. The molecule has 0 saturated heterocycles. The summed E-state index contributed by atoms with van der Waals surface area (Å²) in [5, 5.41) is 2.47. The first-order valence-corrected chi connectivity index (χ1v) is 22.9. The van der Waals surface area contributed by atoms with E-state index in [-0.39, 0.29) is 0 Å². The third kappa shape index (κ3) is 4.15. The maximum atomic E-state index is 5.43. The van der Waals surface area contributed by atoms with Crippen LogP contribution in [0.5, 0.6) is 0 Å². The Morgan fingerprint density at radius 1 is 0.359 bits per heavy atom. The Labute approximate surface area is 374 Å². The van der Waals surface area contributed by atoms with Gasteiger partial charge in [-0.2, -0.15) is 0 Å². The third-order valence-corrected chi connectivity index (χ3v) is 15.9. The monoisotopic (exact) mass is 829 g/mol. The van der Waals surface area contributed by atoms with Crippen molar-refractivity contribution < 1.29 is 0 Å². The lowest BCUT2D eigenvalue weighted by atomic mass is 9.66. The lowest BCUT2D eigenvalue weighted by Crippen LogP contribution is -2.33. The molecule has 8 aromatic carbocycles. The van der Waals surface area contributed by atoms with Crippen LogP contribution in [0.1, 0.15) is 44.5 Å². The molecular weight excluding hydrogens is 795 g/mol. The zero-order chi connectivity index (χ0) is 41.7. The van der Waals surface area contributed by atoms with Crippen LogP contribution in [0, 0.1) is 0 Å². The second-order valence-electron chi connectivity index (χ2n) is 17.6. The van der Waals surface area contributed by atoms with E-state index < -0.39 is 10.8 Å². The van der Waals surface area contributed by atoms with Crippen molar-refractivity contribution in [1.82, 2.24) is 14.5 Å². The van der Waals surface area contributed by atoms with Crippen molar-refractivity contribution in [2.75, 3.05) is 0 Å². The first-order chi connectivity index (χ1) is 31.7. The molecule has 0 bridgehead atoms. The molecule has 2 spiro atoms. The fourth-order valence-electron chi connectivity index (χ4n) is 12.4. The van der Waals surface area contributed by atoms with Crippen LogP contribution in [0.15, 0.2) is 222 Å². The third-order valence-electron chi connectivity index (χ3n) is 14.8. The fraction of sp³-hybridized carbons (Fsp3) is 0.0333. The van der Waals surface area contributed by atoms with Gasteiger partial charge in [0.25, 0.3) is 0 Å². The molecule has 296 valence electrons. The molecule has 1 aliphatic heterocycles. The smallest absolute Gasteiger partial charge is 0.0939 e. The Morgan fingerprint density at radius 2 is 0.953 bits per heavy atom. The molecule has 3 aromatic heterocycles. The number of pyridine rings is 2. The van der Waals surface area contributed by atoms with E-state index in [2.05, 4.69) is 211 Å². The predicted molar refractivity (Wildman–Crippen MR) is 260 cm³/mol. The highest BCUT2D eigenvalue weighted by atomic mass is 32.2. The Morgan fingerprint density at radius 3 is 1.73 bits per heavy atom. The van der Waals surface area contributed by atoms with Gasteiger partial charge in [-0.3, -0.25) is 9.97 Å². The van der Waals surface area contributed by atoms with Gasteiger partial charge < -0.3 is 4.57 Å². The van der Waals surface area contributed by atoms with Crippen molar-refractivity contribution in [1.29, 1.82) is 0 Å². The van der Waals surface area contributed by atoms with E-state index in [0.717, 1.165) is 17.1 Å². The number of rotatable bonds is 2. The van der Waals surface area contributed by atoms with E-state index >= 15 is 0 Å². The molecule has 2 unspecified atom stereocenters. The van der Waals surface area contributed by atoms with Crippen molar-refractivity contribution in [2.24, 2.45) is 0 Å². The Bertz CT molecular complexity index is 3790. The minimum absolute atomic E-state index is 0.499. The molecule has 64 heavy (non-hydrogen) atoms. The van der Waals surface area contributed by atoms with Gasteiger partial charge in [0.15, 0.2) is 0 Å². The topological polar surface area (TPSA) is 30.7 Å². The SMILES string of the molecule is c1ccc(-c2ccc3c(c2)C2(c4ccccc4-3)c3ccccc3-c3cc4c(cc32)Sc2ccccc2C42c3cccnc3-c3ncc(-n4c5ccccc5c5ccccc54)cc32)cc1. The maximum absolute atomic E-state index is 5.43. The molecule has 4 heteroatoms. The van der Waals surface area contributed by atoms with Gasteiger partial charge in [0, 0.05) is 32.3 Å². The molecule has 0 radical (unpaired) electrons. The normalized spacial score (nSPS) is 17.8. The van der Waals surface area contributed by atoms with Crippen LogP contribution in [0.3, 0.4) is 0 Å². The molecule has 15 rings (SSSR count). The molecule has 0 amide bonds. The largest absolute Gasteiger partial charge is 0.308 e. The first-order valence-electron chi connectivity index (χ1n) is 22.1. The van der Waals surface area contributed by atoms with Gasteiger partial charge in [-0.15, -0.1) is 0 Å². The predicted octanol–water partition coefficient (Wildman–Crippen LogP) is 14.4. The van der Waals surface area contributed by atoms with E-state index in [4.69, 9.17) is 9.97 Å². The molecule has 0 N–H and O–H groups in total. The Balaban J connectivity index is 1.05. The highest BCUT2D eigenvalue weighted by Crippen LogP contribution is 2.67. The summed E-state index contributed by atoms with van der Waals surface area (Å²) in [4.78, 5) is 13.1. The van der Waals surface area contributed by atoms with Gasteiger partial charge in [0.05, 0.1) is 45.1 Å². The highest BCUT2D eigenvalue weighted by Gasteiger charge is 2.56. The lowest BCUT2D eigenvalue weighted by molar-refractivity contribution is 0.714. The average molecular weight is 830 g/mol. The van der Waals surface area contributed by atoms with Crippen LogP contribution >= 0.6 is 11.8 Å². The van der Waals surface area contributed by atoms with Crippen LogP contribution in [0.2, 0.25) is 0 Å². The number of benzene rings is 8. The molecule has 4 heterocycles. The summed E-state index contributed by atoms with van der Waals surface area (Å²) in [5.74, 6) is 0. The van der Waals surface area contributed by atoms with E-state index in [1.807, 2.05) is 18.0 Å². The maximum Gasteiger partial charge on any atom is 0.0939 e.